The number of ether oxygens (including phenoxy) is 2. The van der Waals surface area contributed by atoms with Gasteiger partial charge in [0.2, 0.25) is 5.95 Å². The molecule has 2 aliphatic rings. The van der Waals surface area contributed by atoms with Gasteiger partial charge >= 0.3 is 0 Å². The average Bonchev–Trinajstić information content (AvgIpc) is 3.69. The van der Waals surface area contributed by atoms with Gasteiger partial charge in [-0.25, -0.2) is 14.4 Å². The molecule has 6 heterocycles. The number of nitrogens with one attached hydrogen (secondary N) is 1. The summed E-state index contributed by atoms with van der Waals surface area (Å²) in [5.74, 6) is -0.172. The van der Waals surface area contributed by atoms with Crippen molar-refractivity contribution in [2.24, 2.45) is 0 Å². The lowest BCUT2D eigenvalue weighted by molar-refractivity contribution is -0.0479. The number of alkyl halides is 1. The van der Waals surface area contributed by atoms with Crippen LogP contribution in [0.2, 0.25) is 0 Å². The summed E-state index contributed by atoms with van der Waals surface area (Å²) in [7, 11) is 0. The van der Waals surface area contributed by atoms with Crippen LogP contribution in [0, 0.1) is 0 Å². The van der Waals surface area contributed by atoms with Crippen LogP contribution in [0.3, 0.4) is 0 Å². The largest absolute Gasteiger partial charge is 0.394 e. The first kappa shape index (κ1) is 26.9. The summed E-state index contributed by atoms with van der Waals surface area (Å²) in [4.78, 5) is 37.6. The zero-order chi connectivity index (χ0) is 28.3. The molecule has 0 radical (unpaired) electrons. The number of nitrogens with two attached hydrogens (primary N) is 2. The molecule has 2 fully saturated rings. The van der Waals surface area contributed by atoms with E-state index in [1.54, 1.807) is 0 Å². The fraction of sp³-hybridized carbons (Fsp3) is 0.556. The van der Waals surface area contributed by atoms with Gasteiger partial charge in [0.15, 0.2) is 53.3 Å². The zero-order valence-corrected chi connectivity index (χ0v) is 21.8. The minimum absolute atomic E-state index is 0.0308. The van der Waals surface area contributed by atoms with Crippen LogP contribution in [-0.2, 0) is 25.8 Å². The number of hydrogen-bond acceptors (Lipinski definition) is 16. The zero-order valence-electron chi connectivity index (χ0n) is 20.1. The predicted octanol–water partition coefficient (Wildman–Crippen LogP) is -2.52. The topological polar surface area (TPSA) is 273 Å². The molecule has 4 aromatic rings. The maximum Gasteiger partial charge on any atom is 0.282 e. The van der Waals surface area contributed by atoms with E-state index in [2.05, 4.69) is 40.6 Å². The molecule has 0 amide bonds. The number of halogens is 1. The van der Waals surface area contributed by atoms with Crippen LogP contribution in [0.4, 0.5) is 16.2 Å². The summed E-state index contributed by atoms with van der Waals surface area (Å²) in [5, 5.41) is 35.6. The van der Waals surface area contributed by atoms with E-state index in [0.29, 0.717) is 0 Å². The molecular formula is C18H22FN12O7PS. The summed E-state index contributed by atoms with van der Waals surface area (Å²) in [5.41, 5.74) is 9.85. The molecule has 2 saturated heterocycles. The monoisotopic (exact) mass is 600 g/mol. The van der Waals surface area contributed by atoms with Crippen LogP contribution in [0.1, 0.15) is 18.9 Å². The van der Waals surface area contributed by atoms with Crippen molar-refractivity contribution in [2.75, 3.05) is 24.7 Å². The van der Waals surface area contributed by atoms with Crippen molar-refractivity contribution in [2.45, 2.75) is 49.0 Å². The van der Waals surface area contributed by atoms with Gasteiger partial charge in [-0.2, -0.15) is 14.3 Å². The van der Waals surface area contributed by atoms with E-state index >= 15 is 4.39 Å². The Morgan fingerprint density at radius 1 is 1.18 bits per heavy atom. The Kier molecular flexibility index (Phi) is 6.70. The van der Waals surface area contributed by atoms with Gasteiger partial charge in [-0.3, -0.25) is 9.78 Å². The molecule has 0 saturated carbocycles. The quantitative estimate of drug-likeness (QED) is 0.119. The minimum atomic E-state index is -3.84. The number of nitrogen functional groups attached to an aromatic ring is 2. The van der Waals surface area contributed by atoms with Gasteiger partial charge in [-0.05, 0) is 18.2 Å². The number of rotatable bonds is 7. The highest BCUT2D eigenvalue weighted by molar-refractivity contribution is 8.09. The number of aromatic nitrogens is 10. The van der Waals surface area contributed by atoms with Crippen molar-refractivity contribution in [1.29, 1.82) is 0 Å². The number of hydrogen-bond donors (Lipinski definition) is 6. The van der Waals surface area contributed by atoms with Gasteiger partial charge in [-0.1, -0.05) is 10.4 Å². The van der Waals surface area contributed by atoms with Crippen molar-refractivity contribution in [3.8, 4) is 0 Å². The van der Waals surface area contributed by atoms with Crippen LogP contribution in [0.15, 0.2) is 11.1 Å². The number of fused-ring (bicyclic) bond motifs is 2. The van der Waals surface area contributed by atoms with Gasteiger partial charge < -0.3 is 40.6 Å². The molecule has 40 heavy (non-hydrogen) atoms. The van der Waals surface area contributed by atoms with E-state index < -0.39 is 67.9 Å². The fourth-order valence-corrected chi connectivity index (χ4v) is 6.98. The molecule has 19 nitrogen and oxygen atoms in total. The molecule has 0 aromatic carbocycles. The van der Waals surface area contributed by atoms with Crippen molar-refractivity contribution >= 4 is 52.4 Å². The Labute approximate surface area is 226 Å². The first-order valence-corrected chi connectivity index (χ1v) is 14.5. The maximum atomic E-state index is 15.1. The summed E-state index contributed by atoms with van der Waals surface area (Å²) < 4.78 is 34.4. The predicted molar refractivity (Wildman–Crippen MR) is 135 cm³/mol. The molecule has 2 aliphatic heterocycles. The Hall–Kier alpha value is -3.30. The highest BCUT2D eigenvalue weighted by Gasteiger charge is 2.50. The van der Waals surface area contributed by atoms with E-state index in [1.165, 1.54) is 0 Å². The van der Waals surface area contributed by atoms with Crippen molar-refractivity contribution in [3.63, 3.8) is 0 Å². The highest BCUT2D eigenvalue weighted by atomic mass is 32.5. The maximum absolute atomic E-state index is 15.1. The van der Waals surface area contributed by atoms with Crippen LogP contribution in [0.25, 0.3) is 22.3 Å². The lowest BCUT2D eigenvalue weighted by Gasteiger charge is -2.27. The third kappa shape index (κ3) is 4.39. The van der Waals surface area contributed by atoms with Crippen molar-refractivity contribution < 1.29 is 33.5 Å². The Balaban J connectivity index is 1.22. The second-order valence-electron chi connectivity index (χ2n) is 9.12. The smallest absolute Gasteiger partial charge is 0.282 e. The molecule has 0 bridgehead atoms. The number of aliphatic hydroxyl groups is 2. The number of anilines is 2. The Bertz CT molecular complexity index is 1690. The molecule has 214 valence electrons. The number of nitrogens with zero attached hydrogens (tertiary/aromatic N) is 9. The summed E-state index contributed by atoms with van der Waals surface area (Å²) >= 11 is 5.44. The van der Waals surface area contributed by atoms with Gasteiger partial charge in [0.05, 0.1) is 25.0 Å². The molecule has 8 atom stereocenters. The first-order valence-electron chi connectivity index (χ1n) is 11.7. The molecule has 8 N–H and O–H groups in total. The summed E-state index contributed by atoms with van der Waals surface area (Å²) in [6.45, 7) is -4.76. The second-order valence-corrected chi connectivity index (χ2v) is 12.7. The first-order chi connectivity index (χ1) is 19.1. The van der Waals surface area contributed by atoms with E-state index in [-0.39, 0.29) is 40.5 Å². The highest BCUT2D eigenvalue weighted by Crippen LogP contribution is 2.57. The van der Waals surface area contributed by atoms with Gasteiger partial charge in [0, 0.05) is 0 Å². The third-order valence-electron chi connectivity index (χ3n) is 6.63. The van der Waals surface area contributed by atoms with Crippen molar-refractivity contribution in [1.82, 2.24) is 49.9 Å². The van der Waals surface area contributed by atoms with Crippen LogP contribution < -0.4 is 17.0 Å². The van der Waals surface area contributed by atoms with Crippen LogP contribution in [0.5, 0.6) is 0 Å². The van der Waals surface area contributed by atoms with Gasteiger partial charge in [-0.15, -0.1) is 10.2 Å². The summed E-state index contributed by atoms with van der Waals surface area (Å²) in [6, 6.07) is 0. The fourth-order valence-electron chi connectivity index (χ4n) is 4.66. The van der Waals surface area contributed by atoms with Crippen LogP contribution in [-0.4, -0.2) is 108 Å². The number of aliphatic hydroxyl groups excluding tert-OH is 2. The van der Waals surface area contributed by atoms with Crippen LogP contribution >= 0.6 is 6.49 Å². The van der Waals surface area contributed by atoms with E-state index in [0.717, 1.165) is 15.7 Å². The average molecular weight is 600 g/mol. The lowest BCUT2D eigenvalue weighted by Crippen LogP contribution is -2.32. The molecule has 6 rings (SSSR count). The normalized spacial score (nSPS) is 30.4. The molecule has 2 unspecified atom stereocenters. The van der Waals surface area contributed by atoms with E-state index in [1.807, 2.05) is 0 Å². The van der Waals surface area contributed by atoms with E-state index in [9.17, 15) is 19.9 Å². The molecular weight excluding hydrogens is 578 g/mol. The summed E-state index contributed by atoms with van der Waals surface area (Å²) in [6.07, 6.45) is -7.07. The van der Waals surface area contributed by atoms with Gasteiger partial charge in [0.1, 0.15) is 18.5 Å². The standard InChI is InChI=1S/C18H22FN12O7PS/c19-8-11(33)6(38-17(8)30-13-9(26-28-30)12(20)22-4-23-13)3-36-39(35,40)7-1-5(2-32)37-16(7)31-14-10(27-29-31)15(34)25-18(21)24-14/h4-8,11,16-17,32-33H,1-3H2,(H,35,40)(H2,20,22,23)(H3,21,24,25,34)/t5-,6+,7+,8-,11+,16?,17+,39?/m0/s1. The molecule has 0 aliphatic carbocycles. The van der Waals surface area contributed by atoms with Gasteiger partial charge in [0.25, 0.3) is 5.56 Å². The second kappa shape index (κ2) is 9.96. The Morgan fingerprint density at radius 3 is 2.65 bits per heavy atom. The lowest BCUT2D eigenvalue weighted by atomic mass is 10.1. The number of H-pyrrole nitrogens is 1. The molecule has 22 heteroatoms. The minimum Gasteiger partial charge on any atom is -0.394 e. The van der Waals surface area contributed by atoms with Crippen molar-refractivity contribution in [3.05, 3.63) is 16.7 Å². The van der Waals surface area contributed by atoms with E-state index in [4.69, 9.17) is 37.3 Å². The molecule has 0 spiro atoms. The number of aromatic amines is 1. The molecule has 4 aromatic heterocycles. The Morgan fingerprint density at radius 2 is 1.90 bits per heavy atom. The third-order valence-corrected chi connectivity index (χ3v) is 9.58. The SMILES string of the molecule is Nc1nc2c(nnn2C2O[C@H](CO)C[C@H]2P(O)(=S)OC[C@H]2O[C@@H](n3nnc4c(N)ncnc43)[C@@H](F)[C@@H]2O)c(=O)[nH]1.